The molecule has 2 heterocycles. The van der Waals surface area contributed by atoms with Crippen LogP contribution in [0.15, 0.2) is 34.8 Å². The lowest BCUT2D eigenvalue weighted by Crippen LogP contribution is -2.35. The largest absolute Gasteiger partial charge is 0.330 e. The number of hydrogen-bond donors (Lipinski definition) is 2. The van der Waals surface area contributed by atoms with E-state index in [0.717, 1.165) is 4.88 Å². The molecule has 3 N–H and O–H groups in total. The van der Waals surface area contributed by atoms with Gasteiger partial charge in [-0.15, -0.1) is 11.3 Å². The van der Waals surface area contributed by atoms with E-state index in [9.17, 15) is 8.42 Å². The summed E-state index contributed by atoms with van der Waals surface area (Å²) >= 11 is 1.26. The summed E-state index contributed by atoms with van der Waals surface area (Å²) in [4.78, 5) is 0.979. The van der Waals surface area contributed by atoms with Gasteiger partial charge in [-0.3, -0.25) is 4.68 Å². The molecular formula is C12H18N4O2S2. The van der Waals surface area contributed by atoms with E-state index in [1.807, 2.05) is 13.0 Å². The molecule has 0 bridgehead atoms. The lowest BCUT2D eigenvalue weighted by atomic mass is 10.3. The van der Waals surface area contributed by atoms with Crippen LogP contribution in [0.25, 0.3) is 0 Å². The number of aromatic nitrogens is 2. The van der Waals surface area contributed by atoms with Crippen LogP contribution in [0, 0.1) is 0 Å². The summed E-state index contributed by atoms with van der Waals surface area (Å²) in [7, 11) is -3.47. The second-order valence-corrected chi connectivity index (χ2v) is 7.62. The molecule has 2 rings (SSSR count). The second-order valence-electron chi connectivity index (χ2n) is 4.51. The molecule has 8 heteroatoms. The van der Waals surface area contributed by atoms with E-state index in [2.05, 4.69) is 9.82 Å². The third-order valence-corrected chi connectivity index (χ3v) is 5.90. The topological polar surface area (TPSA) is 90.0 Å². The van der Waals surface area contributed by atoms with Crippen LogP contribution in [0.3, 0.4) is 0 Å². The van der Waals surface area contributed by atoms with Crippen molar-refractivity contribution in [3.8, 4) is 0 Å². The second kappa shape index (κ2) is 6.49. The first-order chi connectivity index (χ1) is 9.51. The molecule has 0 saturated carbocycles. The average molecular weight is 314 g/mol. The Bertz CT molecular complexity index is 634. The number of nitrogens with two attached hydrogens (primary N) is 1. The summed E-state index contributed by atoms with van der Waals surface area (Å²) in [5.74, 6) is 0. The minimum Gasteiger partial charge on any atom is -0.330 e. The molecule has 0 fully saturated rings. The van der Waals surface area contributed by atoms with Crippen LogP contribution in [0.1, 0.15) is 11.8 Å². The Balaban J connectivity index is 2.02. The Morgan fingerprint density at radius 1 is 1.50 bits per heavy atom. The molecule has 1 unspecified atom stereocenters. The van der Waals surface area contributed by atoms with Gasteiger partial charge in [-0.05, 0) is 38.1 Å². The van der Waals surface area contributed by atoms with Crippen molar-refractivity contribution in [1.29, 1.82) is 0 Å². The minimum absolute atomic E-state index is 0.236. The molecule has 2 aromatic heterocycles. The van der Waals surface area contributed by atoms with E-state index in [4.69, 9.17) is 5.73 Å². The van der Waals surface area contributed by atoms with E-state index in [1.165, 1.54) is 11.3 Å². The fourth-order valence-corrected chi connectivity index (χ4v) is 4.45. The number of thiophene rings is 1. The third-order valence-electron chi connectivity index (χ3n) is 2.67. The molecule has 0 aliphatic heterocycles. The Morgan fingerprint density at radius 2 is 2.30 bits per heavy atom. The summed E-state index contributed by atoms with van der Waals surface area (Å²) in [6, 6.07) is 5.00. The van der Waals surface area contributed by atoms with Crippen molar-refractivity contribution in [1.82, 2.24) is 14.5 Å². The van der Waals surface area contributed by atoms with Gasteiger partial charge < -0.3 is 5.73 Å². The zero-order valence-corrected chi connectivity index (χ0v) is 12.8. The summed E-state index contributed by atoms with van der Waals surface area (Å²) in [5.41, 5.74) is 5.47. The first-order valence-electron chi connectivity index (χ1n) is 6.30. The fraction of sp³-hybridized carbons (Fsp3) is 0.417. The smallest absolute Gasteiger partial charge is 0.250 e. The van der Waals surface area contributed by atoms with Gasteiger partial charge in [0.15, 0.2) is 0 Å². The van der Waals surface area contributed by atoms with Crippen LogP contribution < -0.4 is 10.5 Å². The summed E-state index contributed by atoms with van der Waals surface area (Å²) in [6.07, 6.45) is 4.16. The molecule has 0 radical (unpaired) electrons. The summed E-state index contributed by atoms with van der Waals surface area (Å²) in [6.45, 7) is 2.82. The summed E-state index contributed by atoms with van der Waals surface area (Å²) in [5, 5.41) is 4.06. The Kier molecular flexibility index (Phi) is 4.92. The molecule has 20 heavy (non-hydrogen) atoms. The zero-order valence-electron chi connectivity index (χ0n) is 11.2. The van der Waals surface area contributed by atoms with E-state index < -0.39 is 10.0 Å². The predicted octanol–water partition coefficient (Wildman–Crippen LogP) is 0.813. The number of sulfonamides is 1. The molecule has 6 nitrogen and oxygen atoms in total. The van der Waals surface area contributed by atoms with E-state index in [1.54, 1.807) is 29.2 Å². The van der Waals surface area contributed by atoms with E-state index >= 15 is 0 Å². The summed E-state index contributed by atoms with van der Waals surface area (Å²) < 4.78 is 29.1. The highest BCUT2D eigenvalue weighted by Crippen LogP contribution is 2.21. The first kappa shape index (κ1) is 15.2. The standard InChI is InChI=1S/C12H18N4O2S2/c1-10(9-16-8-2-7-14-16)15-20(17,18)12-4-3-11(19-12)5-6-13/h2-4,7-8,10,15H,5-6,9,13H2,1H3. The van der Waals surface area contributed by atoms with Crippen molar-refractivity contribution in [3.05, 3.63) is 35.5 Å². The number of nitrogens with zero attached hydrogens (tertiary/aromatic N) is 2. The molecule has 0 aliphatic carbocycles. The predicted molar refractivity (Wildman–Crippen MR) is 79.1 cm³/mol. The van der Waals surface area contributed by atoms with Crippen molar-refractivity contribution in [2.24, 2.45) is 5.73 Å². The van der Waals surface area contributed by atoms with Gasteiger partial charge in [-0.1, -0.05) is 0 Å². The molecule has 110 valence electrons. The van der Waals surface area contributed by atoms with Gasteiger partial charge in [0.25, 0.3) is 0 Å². The molecule has 1 atom stereocenters. The Labute approximate surface area is 122 Å². The maximum Gasteiger partial charge on any atom is 0.250 e. The Morgan fingerprint density at radius 3 is 2.95 bits per heavy atom. The van der Waals surface area contributed by atoms with Crippen molar-refractivity contribution >= 4 is 21.4 Å². The van der Waals surface area contributed by atoms with Gasteiger partial charge in [0, 0.05) is 23.3 Å². The number of hydrogen-bond acceptors (Lipinski definition) is 5. The molecule has 0 saturated heterocycles. The molecule has 2 aromatic rings. The van der Waals surface area contributed by atoms with Crippen molar-refractivity contribution < 1.29 is 8.42 Å². The average Bonchev–Trinajstić information content (AvgIpc) is 3.00. The van der Waals surface area contributed by atoms with Crippen molar-refractivity contribution in [2.45, 2.75) is 30.1 Å². The molecule has 0 spiro atoms. The highest BCUT2D eigenvalue weighted by atomic mass is 32.2. The van der Waals surface area contributed by atoms with Crippen LogP contribution in [0.2, 0.25) is 0 Å². The SMILES string of the molecule is CC(Cn1cccn1)NS(=O)(=O)c1ccc(CCN)s1. The van der Waals surface area contributed by atoms with Crippen LogP contribution in [0.4, 0.5) is 0 Å². The quantitative estimate of drug-likeness (QED) is 0.791. The maximum absolute atomic E-state index is 12.2. The zero-order chi connectivity index (χ0) is 14.6. The molecular weight excluding hydrogens is 296 g/mol. The first-order valence-corrected chi connectivity index (χ1v) is 8.60. The van der Waals surface area contributed by atoms with Gasteiger partial charge in [-0.2, -0.15) is 5.10 Å². The van der Waals surface area contributed by atoms with Gasteiger partial charge in [-0.25, -0.2) is 13.1 Å². The van der Waals surface area contributed by atoms with Crippen LogP contribution >= 0.6 is 11.3 Å². The highest BCUT2D eigenvalue weighted by molar-refractivity contribution is 7.91. The van der Waals surface area contributed by atoms with Crippen molar-refractivity contribution in [3.63, 3.8) is 0 Å². The van der Waals surface area contributed by atoms with Gasteiger partial charge >= 0.3 is 0 Å². The van der Waals surface area contributed by atoms with E-state index in [0.29, 0.717) is 23.7 Å². The van der Waals surface area contributed by atoms with Gasteiger partial charge in [0.1, 0.15) is 4.21 Å². The molecule has 0 aliphatic rings. The van der Waals surface area contributed by atoms with Gasteiger partial charge in [0.05, 0.1) is 6.54 Å². The maximum atomic E-state index is 12.2. The van der Waals surface area contributed by atoms with E-state index in [-0.39, 0.29) is 6.04 Å². The monoisotopic (exact) mass is 314 g/mol. The lowest BCUT2D eigenvalue weighted by Gasteiger charge is -2.13. The minimum atomic E-state index is -3.47. The third kappa shape index (κ3) is 3.89. The van der Waals surface area contributed by atoms with Gasteiger partial charge in [0.2, 0.25) is 10.0 Å². The normalized spacial score (nSPS) is 13.5. The highest BCUT2D eigenvalue weighted by Gasteiger charge is 2.19. The molecule has 0 amide bonds. The van der Waals surface area contributed by atoms with Crippen molar-refractivity contribution in [2.75, 3.05) is 6.54 Å². The lowest BCUT2D eigenvalue weighted by molar-refractivity contribution is 0.494. The molecule has 0 aromatic carbocycles. The van der Waals surface area contributed by atoms with Crippen LogP contribution in [-0.2, 0) is 23.0 Å². The number of rotatable bonds is 7. The van der Waals surface area contributed by atoms with Crippen LogP contribution in [0.5, 0.6) is 0 Å². The fourth-order valence-electron chi connectivity index (χ4n) is 1.83. The number of nitrogens with one attached hydrogen (secondary N) is 1. The van der Waals surface area contributed by atoms with Crippen LogP contribution in [-0.4, -0.2) is 30.8 Å². The Hall–Kier alpha value is -1.22.